The first-order chi connectivity index (χ1) is 10.2. The van der Waals surface area contributed by atoms with Crippen molar-refractivity contribution in [1.82, 2.24) is 5.32 Å². The fourth-order valence-electron chi connectivity index (χ4n) is 2.44. The maximum atomic E-state index is 6.19. The van der Waals surface area contributed by atoms with Crippen molar-refractivity contribution in [2.45, 2.75) is 26.3 Å². The van der Waals surface area contributed by atoms with Crippen LogP contribution >= 0.6 is 11.6 Å². The molecule has 2 aromatic rings. The molecule has 3 heteroatoms. The third kappa shape index (κ3) is 3.99. The second-order valence-corrected chi connectivity index (χ2v) is 5.60. The summed E-state index contributed by atoms with van der Waals surface area (Å²) >= 11 is 6.19. The summed E-state index contributed by atoms with van der Waals surface area (Å²) in [6.45, 7) is 5.24. The summed E-state index contributed by atoms with van der Waals surface area (Å²) in [6.07, 6.45) is 1.08. The van der Waals surface area contributed by atoms with Crippen LogP contribution in [0, 0.1) is 6.92 Å². The van der Waals surface area contributed by atoms with Gasteiger partial charge in [0.05, 0.1) is 13.2 Å². The van der Waals surface area contributed by atoms with Crippen LogP contribution in [0.1, 0.15) is 36.1 Å². The molecule has 0 aliphatic rings. The molecule has 0 bridgehead atoms. The Balaban J connectivity index is 2.44. The van der Waals surface area contributed by atoms with E-state index in [-0.39, 0.29) is 6.04 Å². The minimum absolute atomic E-state index is 0.124. The molecule has 1 atom stereocenters. The van der Waals surface area contributed by atoms with Gasteiger partial charge in [-0.3, -0.25) is 0 Å². The van der Waals surface area contributed by atoms with E-state index < -0.39 is 0 Å². The molecule has 1 N–H and O–H groups in total. The lowest BCUT2D eigenvalue weighted by atomic mass is 9.94. The Kier molecular flexibility index (Phi) is 5.66. The molecule has 21 heavy (non-hydrogen) atoms. The van der Waals surface area contributed by atoms with Crippen LogP contribution in [0.5, 0.6) is 5.75 Å². The number of aryl methyl sites for hydroxylation is 1. The van der Waals surface area contributed by atoms with Crippen LogP contribution in [0.3, 0.4) is 0 Å². The molecular weight excluding hydrogens is 282 g/mol. The highest BCUT2D eigenvalue weighted by molar-refractivity contribution is 6.30. The Morgan fingerprint density at radius 3 is 2.71 bits per heavy atom. The summed E-state index contributed by atoms with van der Waals surface area (Å²) in [5, 5.41) is 4.37. The van der Waals surface area contributed by atoms with Gasteiger partial charge in [0.15, 0.2) is 0 Å². The molecule has 2 rings (SSSR count). The van der Waals surface area contributed by atoms with Gasteiger partial charge in [0.2, 0.25) is 0 Å². The van der Waals surface area contributed by atoms with Gasteiger partial charge in [0, 0.05) is 5.02 Å². The number of ether oxygens (including phenoxy) is 1. The quantitative estimate of drug-likeness (QED) is 0.832. The smallest absolute Gasteiger partial charge is 0.119 e. The second-order valence-electron chi connectivity index (χ2n) is 5.16. The topological polar surface area (TPSA) is 21.3 Å². The third-order valence-corrected chi connectivity index (χ3v) is 3.81. The van der Waals surface area contributed by atoms with E-state index in [4.69, 9.17) is 16.3 Å². The summed E-state index contributed by atoms with van der Waals surface area (Å²) in [6, 6.07) is 14.4. The van der Waals surface area contributed by atoms with Gasteiger partial charge in [0.25, 0.3) is 0 Å². The highest BCUT2D eigenvalue weighted by Gasteiger charge is 2.16. The fraction of sp³-hybridized carbons (Fsp3) is 0.333. The van der Waals surface area contributed by atoms with E-state index in [1.54, 1.807) is 7.11 Å². The molecule has 2 aromatic carbocycles. The molecule has 0 aromatic heterocycles. The lowest BCUT2D eigenvalue weighted by Gasteiger charge is -2.22. The van der Waals surface area contributed by atoms with Crippen LogP contribution in [-0.2, 0) is 0 Å². The highest BCUT2D eigenvalue weighted by Crippen LogP contribution is 2.29. The highest BCUT2D eigenvalue weighted by atomic mass is 35.5. The predicted octanol–water partition coefficient (Wildman–Crippen LogP) is 4.75. The number of rotatable bonds is 6. The maximum absolute atomic E-state index is 6.19. The Labute approximate surface area is 132 Å². The molecule has 0 amide bonds. The van der Waals surface area contributed by atoms with Gasteiger partial charge in [-0.15, -0.1) is 0 Å². The van der Waals surface area contributed by atoms with Gasteiger partial charge in [-0.05, 0) is 60.8 Å². The molecule has 1 unspecified atom stereocenters. The molecule has 0 aliphatic carbocycles. The number of hydrogen-bond donors (Lipinski definition) is 1. The van der Waals surface area contributed by atoms with E-state index in [0.29, 0.717) is 0 Å². The first-order valence-corrected chi connectivity index (χ1v) is 7.67. The number of halogens is 1. The molecule has 0 radical (unpaired) electrons. The molecule has 0 spiro atoms. The molecule has 0 saturated carbocycles. The molecule has 0 fully saturated rings. The van der Waals surface area contributed by atoms with Crippen molar-refractivity contribution in [2.75, 3.05) is 13.7 Å². The predicted molar refractivity (Wildman–Crippen MR) is 89.3 cm³/mol. The Morgan fingerprint density at radius 1 is 1.19 bits per heavy atom. The van der Waals surface area contributed by atoms with E-state index in [2.05, 4.69) is 37.4 Å². The van der Waals surface area contributed by atoms with E-state index >= 15 is 0 Å². The zero-order valence-electron chi connectivity index (χ0n) is 12.8. The van der Waals surface area contributed by atoms with Crippen molar-refractivity contribution in [3.05, 3.63) is 64.2 Å². The first-order valence-electron chi connectivity index (χ1n) is 7.29. The van der Waals surface area contributed by atoms with Crippen molar-refractivity contribution in [2.24, 2.45) is 0 Å². The summed E-state index contributed by atoms with van der Waals surface area (Å²) in [5.41, 5.74) is 3.63. The van der Waals surface area contributed by atoms with Gasteiger partial charge in [-0.2, -0.15) is 0 Å². The Morgan fingerprint density at radius 2 is 2.00 bits per heavy atom. The molecule has 0 heterocycles. The van der Waals surface area contributed by atoms with Crippen LogP contribution < -0.4 is 10.1 Å². The zero-order valence-corrected chi connectivity index (χ0v) is 13.6. The third-order valence-electron chi connectivity index (χ3n) is 3.58. The normalized spacial score (nSPS) is 12.2. The van der Waals surface area contributed by atoms with E-state index in [0.717, 1.165) is 23.7 Å². The van der Waals surface area contributed by atoms with Crippen molar-refractivity contribution >= 4 is 11.6 Å². The standard InChI is InChI=1S/C18H22ClNO/c1-4-10-20-18(14-6-5-7-16(11-14)21-3)17-12-15(19)9-8-13(17)2/h5-9,11-12,18,20H,4,10H2,1-3H3. The van der Waals surface area contributed by atoms with E-state index in [9.17, 15) is 0 Å². The first kappa shape index (κ1) is 15.9. The van der Waals surface area contributed by atoms with Gasteiger partial charge in [0.1, 0.15) is 5.75 Å². The molecule has 0 saturated heterocycles. The van der Waals surface area contributed by atoms with Crippen molar-refractivity contribution in [3.8, 4) is 5.75 Å². The van der Waals surface area contributed by atoms with Crippen LogP contribution in [0.25, 0.3) is 0 Å². The van der Waals surface area contributed by atoms with Crippen LogP contribution in [0.2, 0.25) is 5.02 Å². The average Bonchev–Trinajstić information content (AvgIpc) is 2.51. The van der Waals surface area contributed by atoms with Gasteiger partial charge >= 0.3 is 0 Å². The minimum Gasteiger partial charge on any atom is -0.497 e. The zero-order chi connectivity index (χ0) is 15.2. The summed E-state index contributed by atoms with van der Waals surface area (Å²) < 4.78 is 5.35. The Hall–Kier alpha value is -1.51. The van der Waals surface area contributed by atoms with Gasteiger partial charge < -0.3 is 10.1 Å². The summed E-state index contributed by atoms with van der Waals surface area (Å²) in [7, 11) is 1.69. The summed E-state index contributed by atoms with van der Waals surface area (Å²) in [5.74, 6) is 0.871. The lowest BCUT2D eigenvalue weighted by Crippen LogP contribution is -2.24. The SMILES string of the molecule is CCCNC(c1cccc(OC)c1)c1cc(Cl)ccc1C. The minimum atomic E-state index is 0.124. The maximum Gasteiger partial charge on any atom is 0.119 e. The van der Waals surface area contributed by atoms with Crippen molar-refractivity contribution in [3.63, 3.8) is 0 Å². The fourth-order valence-corrected chi connectivity index (χ4v) is 2.62. The lowest BCUT2D eigenvalue weighted by molar-refractivity contribution is 0.413. The molecule has 0 aliphatic heterocycles. The Bertz CT molecular complexity index is 598. The van der Waals surface area contributed by atoms with Gasteiger partial charge in [-0.25, -0.2) is 0 Å². The molecule has 2 nitrogen and oxygen atoms in total. The largest absolute Gasteiger partial charge is 0.497 e. The van der Waals surface area contributed by atoms with Gasteiger partial charge in [-0.1, -0.05) is 36.7 Å². The number of nitrogens with one attached hydrogen (secondary N) is 1. The number of methoxy groups -OCH3 is 1. The number of hydrogen-bond acceptors (Lipinski definition) is 2. The van der Waals surface area contributed by atoms with E-state index in [1.807, 2.05) is 24.3 Å². The molecule has 112 valence electrons. The van der Waals surface area contributed by atoms with Crippen molar-refractivity contribution in [1.29, 1.82) is 0 Å². The van der Waals surface area contributed by atoms with Crippen LogP contribution in [0.4, 0.5) is 0 Å². The second kappa shape index (κ2) is 7.48. The van der Waals surface area contributed by atoms with E-state index in [1.165, 1.54) is 16.7 Å². The monoisotopic (exact) mass is 303 g/mol. The average molecular weight is 304 g/mol. The van der Waals surface area contributed by atoms with Crippen molar-refractivity contribution < 1.29 is 4.74 Å². The molecular formula is C18H22ClNO. The van der Waals surface area contributed by atoms with Crippen LogP contribution in [-0.4, -0.2) is 13.7 Å². The number of benzene rings is 2. The van der Waals surface area contributed by atoms with Crippen LogP contribution in [0.15, 0.2) is 42.5 Å². The summed E-state index contributed by atoms with van der Waals surface area (Å²) in [4.78, 5) is 0.